The van der Waals surface area contributed by atoms with Crippen molar-refractivity contribution in [3.8, 4) is 5.88 Å². The van der Waals surface area contributed by atoms with Crippen LogP contribution in [0.15, 0.2) is 103 Å². The number of carbonyl (C=O) groups excluding carboxylic acids is 5. The normalized spacial score (nSPS) is 20.9. The molecule has 104 heavy (non-hydrogen) atoms. The number of imidazole rings is 3. The van der Waals surface area contributed by atoms with E-state index < -0.39 is 12.7 Å². The van der Waals surface area contributed by atoms with E-state index in [1.165, 1.54) is 33.0 Å². The van der Waals surface area contributed by atoms with E-state index in [0.29, 0.717) is 18.2 Å². The number of hydrogen-bond donors (Lipinski definition) is 2. The fraction of sp³-hybridized carbons (Fsp3) is 0.487. The van der Waals surface area contributed by atoms with Gasteiger partial charge in [-0.25, -0.2) is 34.3 Å². The minimum atomic E-state index is -2.96. The Morgan fingerprint density at radius 1 is 0.587 bits per heavy atom. The number of ketones is 1. The van der Waals surface area contributed by atoms with E-state index in [2.05, 4.69) is 84.1 Å². The van der Waals surface area contributed by atoms with Crippen molar-refractivity contribution in [2.75, 3.05) is 55.8 Å². The predicted octanol–water partition coefficient (Wildman–Crippen LogP) is 13.0. The summed E-state index contributed by atoms with van der Waals surface area (Å²) >= 11 is 0. The van der Waals surface area contributed by atoms with Gasteiger partial charge in [0.05, 0.1) is 96.4 Å². The van der Waals surface area contributed by atoms with Gasteiger partial charge < -0.3 is 48.4 Å². The first-order chi connectivity index (χ1) is 50.4. The van der Waals surface area contributed by atoms with Gasteiger partial charge in [0.1, 0.15) is 23.3 Å². The summed E-state index contributed by atoms with van der Waals surface area (Å²) in [7, 11) is 4.24. The summed E-state index contributed by atoms with van der Waals surface area (Å²) in [6.07, 6.45) is 16.5. The quantitative estimate of drug-likeness (QED) is 0.0803. The van der Waals surface area contributed by atoms with Crippen LogP contribution in [0.4, 0.5) is 40.2 Å². The number of aromatic nitrogens is 9. The molecule has 0 unspecified atom stereocenters. The number of nitrogens with one attached hydrogen (secondary N) is 1. The zero-order chi connectivity index (χ0) is 72.9. The Morgan fingerprint density at radius 3 is 1.65 bits per heavy atom. The first-order valence-electron chi connectivity index (χ1n) is 36.6. The third-order valence-electron chi connectivity index (χ3n) is 21.9. The van der Waals surface area contributed by atoms with Crippen molar-refractivity contribution in [3.05, 3.63) is 149 Å². The highest BCUT2D eigenvalue weighted by Gasteiger charge is 2.38. The molecule has 2 saturated carbocycles. The third-order valence-corrected chi connectivity index (χ3v) is 21.9. The van der Waals surface area contributed by atoms with Crippen molar-refractivity contribution < 1.29 is 56.4 Å². The number of ether oxygens (including phenoxy) is 5. The summed E-state index contributed by atoms with van der Waals surface area (Å²) in [5.74, 6) is 2.63. The van der Waals surface area contributed by atoms with Crippen LogP contribution in [0.5, 0.6) is 5.88 Å². The SMILES string of the molecule is COC(=O)N1c2ccc3c(nc(CCn4cccn4)n3CCNC3COC3)c2CC[C@@H]1C.COC(=O)N1c2ccc3c(nc(Cc4cccc(OC(F)F)n4)n3[C@@H]3CCC[C@@H](C(C)=O)C3)c2CC[C@@H]1C.COC(=O)N1c2ccc3c(nc(Cc4ccccc4)n3C3CCC(C(N)=O)CC3)c2CC[C@@H]1C. The molecule has 0 spiro atoms. The molecule has 6 aliphatic rings. The van der Waals surface area contributed by atoms with Gasteiger partial charge in [-0.05, 0) is 165 Å². The van der Waals surface area contributed by atoms with Gasteiger partial charge in [-0.1, -0.05) is 42.8 Å². The van der Waals surface area contributed by atoms with E-state index in [4.69, 9.17) is 39.6 Å². The lowest BCUT2D eigenvalue weighted by atomic mass is 9.83. The van der Waals surface area contributed by atoms with Gasteiger partial charge >= 0.3 is 24.9 Å². The van der Waals surface area contributed by atoms with Crippen molar-refractivity contribution in [2.45, 2.75) is 193 Å². The number of methoxy groups -OCH3 is 3. The van der Waals surface area contributed by atoms with Gasteiger partial charge in [-0.15, -0.1) is 0 Å². The monoisotopic (exact) mass is 1420 g/mol. The van der Waals surface area contributed by atoms with Gasteiger partial charge in [-0.3, -0.25) is 29.0 Å². The summed E-state index contributed by atoms with van der Waals surface area (Å²) in [5, 5.41) is 7.89. The van der Waals surface area contributed by atoms with Crippen molar-refractivity contribution in [3.63, 3.8) is 0 Å². The molecular formula is C78H94F2N14O10. The largest absolute Gasteiger partial charge is 0.452 e. The number of primary amides is 1. The molecule has 15 rings (SSSR count). The molecule has 5 aromatic heterocycles. The minimum Gasteiger partial charge on any atom is -0.452 e. The summed E-state index contributed by atoms with van der Waals surface area (Å²) in [4.78, 5) is 86.5. The van der Waals surface area contributed by atoms with Crippen LogP contribution >= 0.6 is 0 Å². The first-order valence-corrected chi connectivity index (χ1v) is 36.6. The number of aryl methyl sites for hydroxylation is 5. The topological polar surface area (TPSA) is 263 Å². The van der Waals surface area contributed by atoms with E-state index in [-0.39, 0.29) is 71.8 Å². The molecule has 3 fully saturated rings. The molecule has 4 aromatic carbocycles. The van der Waals surface area contributed by atoms with Gasteiger partial charge in [0.15, 0.2) is 0 Å². The van der Waals surface area contributed by atoms with Gasteiger partial charge in [0, 0.05) is 116 Å². The van der Waals surface area contributed by atoms with Crippen LogP contribution in [-0.4, -0.2) is 145 Å². The van der Waals surface area contributed by atoms with E-state index in [0.717, 1.165) is 220 Å². The van der Waals surface area contributed by atoms with Crippen molar-refractivity contribution in [1.82, 2.24) is 48.7 Å². The maximum Gasteiger partial charge on any atom is 0.414 e. The summed E-state index contributed by atoms with van der Waals surface area (Å²) in [6.45, 7) is 8.84. The second-order valence-electron chi connectivity index (χ2n) is 28.4. The Hall–Kier alpha value is -9.82. The Morgan fingerprint density at radius 2 is 1.13 bits per heavy atom. The number of amides is 4. The van der Waals surface area contributed by atoms with E-state index in [1.807, 2.05) is 54.2 Å². The second-order valence-corrected chi connectivity index (χ2v) is 28.4. The number of pyridine rings is 1. The molecule has 5 atom stereocenters. The van der Waals surface area contributed by atoms with E-state index >= 15 is 0 Å². The predicted molar refractivity (Wildman–Crippen MR) is 391 cm³/mol. The van der Waals surface area contributed by atoms with Crippen molar-refractivity contribution in [2.24, 2.45) is 17.6 Å². The third kappa shape index (κ3) is 15.2. The molecule has 1 saturated heterocycles. The molecule has 9 aromatic rings. The van der Waals surface area contributed by atoms with Crippen LogP contribution in [0.2, 0.25) is 0 Å². The second kappa shape index (κ2) is 32.0. The molecule has 9 heterocycles. The van der Waals surface area contributed by atoms with Crippen molar-refractivity contribution in [1.29, 1.82) is 0 Å². The number of hydrogen-bond acceptors (Lipinski definition) is 16. The number of nitrogens with zero attached hydrogens (tertiary/aromatic N) is 12. The molecule has 0 bridgehead atoms. The van der Waals surface area contributed by atoms with Crippen LogP contribution in [0, 0.1) is 11.8 Å². The molecule has 2 aliphatic carbocycles. The number of carbonyl (C=O) groups is 5. The molecular weight excluding hydrogens is 1330 g/mol. The zero-order valence-electron chi connectivity index (χ0n) is 60.3. The first kappa shape index (κ1) is 72.5. The maximum absolute atomic E-state index is 12.8. The molecule has 26 heteroatoms. The lowest BCUT2D eigenvalue weighted by Gasteiger charge is -2.34. The zero-order valence-corrected chi connectivity index (χ0v) is 60.3. The van der Waals surface area contributed by atoms with Crippen LogP contribution in [-0.2, 0) is 80.2 Å². The lowest BCUT2D eigenvalue weighted by molar-refractivity contribution is -0.123. The van der Waals surface area contributed by atoms with Gasteiger partial charge in [0.25, 0.3) is 0 Å². The summed E-state index contributed by atoms with van der Waals surface area (Å²) < 4.78 is 59.4. The smallest absolute Gasteiger partial charge is 0.414 e. The number of anilines is 3. The average molecular weight is 1430 g/mol. The highest BCUT2D eigenvalue weighted by atomic mass is 19.3. The summed E-state index contributed by atoms with van der Waals surface area (Å²) in [6, 6.07) is 30.3. The van der Waals surface area contributed by atoms with Crippen LogP contribution in [0.3, 0.4) is 0 Å². The number of benzene rings is 4. The number of rotatable bonds is 17. The molecule has 550 valence electrons. The highest BCUT2D eigenvalue weighted by molar-refractivity contribution is 5.98. The van der Waals surface area contributed by atoms with Crippen LogP contribution in [0.1, 0.15) is 156 Å². The Balaban J connectivity index is 0.000000139. The Bertz CT molecular complexity index is 4570. The van der Waals surface area contributed by atoms with Crippen LogP contribution < -0.4 is 30.5 Å². The number of nitrogens with two attached hydrogens (primary N) is 1. The number of alkyl halides is 2. The van der Waals surface area contributed by atoms with E-state index in [9.17, 15) is 32.8 Å². The molecule has 4 aliphatic heterocycles. The highest BCUT2D eigenvalue weighted by Crippen LogP contribution is 2.44. The summed E-state index contributed by atoms with van der Waals surface area (Å²) in [5.41, 5.74) is 19.1. The minimum absolute atomic E-state index is 0.00626. The van der Waals surface area contributed by atoms with Gasteiger partial charge in [-0.2, -0.15) is 13.9 Å². The fourth-order valence-electron chi connectivity index (χ4n) is 16.4. The molecule has 3 N–H and O–H groups in total. The Kier molecular flexibility index (Phi) is 22.4. The lowest BCUT2D eigenvalue weighted by Crippen LogP contribution is -2.46. The Labute approximate surface area is 603 Å². The molecule has 0 radical (unpaired) electrons. The number of Topliss-reactive ketones (excluding diaryl/α,β-unsaturated/α-hetero) is 1. The van der Waals surface area contributed by atoms with Gasteiger partial charge in [0.2, 0.25) is 11.8 Å². The molecule has 24 nitrogen and oxygen atoms in total. The molecule has 4 amide bonds. The van der Waals surface area contributed by atoms with Crippen molar-refractivity contribution >= 4 is 80.1 Å². The fourth-order valence-corrected chi connectivity index (χ4v) is 16.4. The van der Waals surface area contributed by atoms with E-state index in [1.54, 1.807) is 40.0 Å². The number of halogens is 2. The maximum atomic E-state index is 12.8. The average Bonchev–Trinajstić information content (AvgIpc) is 1.57. The number of fused-ring (bicyclic) bond motifs is 9. The standard InChI is InChI=1S/C28H32F2N4O4.C27H32N4O3.C23H30N6O3/c1-16-10-11-21-22(33(16)28(36)37-3)12-13-23-26(21)32-24(15-19-7-5-9-25(31-19)38-27(29)30)34(23)20-8-4-6-18(14-20)17(2)35;1-17-8-13-21-22(30(17)27(33)34-2)14-15-23-25(21)29-24(16-18-6-4-3-5-7-18)31(23)20-11-9-19(10-12-20)26(28)32;1-16-4-5-18-19(29(16)23(30)31-2)6-7-20-22(18)26-21(8-12-27-11-3-9-25-27)28(20)13-10-24-17-14-32-15-17/h5,7,9,12-13,16,18,20,27H,4,6,8,10-11,14-15H2,1-3H3;3-7,14-15,17,19-20H,8-13,16H2,1-2H3,(H2,28,32);3,6-7,9,11,16-17,24H,4-5,8,10,12-15H2,1-2H3/t16-,18+,20+;17-,19?,20?;16-/m000/s1. The van der Waals surface area contributed by atoms with Crippen LogP contribution in [0.25, 0.3) is 33.1 Å².